The molecule has 0 spiro atoms. The summed E-state index contributed by atoms with van der Waals surface area (Å²) in [5, 5.41) is 0. The fraction of sp³-hybridized carbons (Fsp3) is 0.0943. The molecule has 0 aliphatic rings. The standard InChI is InChI=1S/C7H5BrF3NO.C7H5BrF3N.3C7H8BrN.C6H5BrFN.2C6H6BrN/c8-4-1-2-6(5(12)3-4)13-7(9,10)11;8-6-2-1-4(12)3-5(6)7(9,10)11;1-5-4-6(9)2-3-7(5)8;1-5-2-3-6(9)4-7(5)8;1-5-2-3-6(8)4-7(5)9;7-4-1-2-5(8)6(9)3-4;7-5-1-3-6(8)4-2-5;7-5-2-1-3-6(8)4-5/h1-3H,12H2;1-3H,12H2;3*2-4H,9H2,1H3;1-3H,9H2;2*1-4H,8H2. The van der Waals surface area contributed by atoms with Gasteiger partial charge < -0.3 is 50.6 Å². The summed E-state index contributed by atoms with van der Waals surface area (Å²) in [5.74, 6) is -0.770. The molecule has 0 aliphatic carbocycles. The summed E-state index contributed by atoms with van der Waals surface area (Å²) in [4.78, 5) is 0. The van der Waals surface area contributed by atoms with E-state index in [1.165, 1.54) is 47.5 Å². The Labute approximate surface area is 510 Å². The first-order chi connectivity index (χ1) is 35.7. The van der Waals surface area contributed by atoms with Crippen molar-refractivity contribution in [1.82, 2.24) is 0 Å². The van der Waals surface area contributed by atoms with Crippen LogP contribution in [0.3, 0.4) is 0 Å². The van der Waals surface area contributed by atoms with Gasteiger partial charge in [0.2, 0.25) is 0 Å². The minimum Gasteiger partial charge on any atom is -0.404 e. The lowest BCUT2D eigenvalue weighted by Gasteiger charge is -2.10. The van der Waals surface area contributed by atoms with Crippen LogP contribution in [-0.2, 0) is 6.18 Å². The third-order valence-electron chi connectivity index (χ3n) is 8.79. The molecule has 8 rings (SSSR count). The molecular weight excluding hydrogens is 1540 g/mol. The highest BCUT2D eigenvalue weighted by Gasteiger charge is 2.33. The number of alkyl halides is 6. The molecule has 77 heavy (non-hydrogen) atoms. The lowest BCUT2D eigenvalue weighted by molar-refractivity contribution is -0.274. The van der Waals surface area contributed by atoms with Gasteiger partial charge >= 0.3 is 12.5 Å². The fourth-order valence-corrected chi connectivity index (χ4v) is 7.80. The van der Waals surface area contributed by atoms with Gasteiger partial charge in [0, 0.05) is 69.9 Å². The number of aryl methyl sites for hydroxylation is 3. The average Bonchev–Trinajstić information content (AvgIpc) is 3.32. The van der Waals surface area contributed by atoms with E-state index in [1.807, 2.05) is 124 Å². The lowest BCUT2D eigenvalue weighted by Crippen LogP contribution is -2.17. The molecule has 16 N–H and O–H groups in total. The van der Waals surface area contributed by atoms with Gasteiger partial charge in [0.25, 0.3) is 0 Å². The molecule has 8 aromatic rings. The van der Waals surface area contributed by atoms with Crippen LogP contribution in [0.15, 0.2) is 194 Å². The van der Waals surface area contributed by atoms with Crippen molar-refractivity contribution in [3.8, 4) is 5.75 Å². The molecule has 0 aromatic heterocycles. The molecule has 0 amide bonds. The van der Waals surface area contributed by atoms with Crippen molar-refractivity contribution in [3.05, 3.63) is 222 Å². The molecule has 0 unspecified atom stereocenters. The van der Waals surface area contributed by atoms with E-state index in [-0.39, 0.29) is 27.4 Å². The van der Waals surface area contributed by atoms with Crippen LogP contribution in [0.25, 0.3) is 0 Å². The van der Waals surface area contributed by atoms with Crippen LogP contribution in [-0.4, -0.2) is 6.36 Å². The second-order valence-electron chi connectivity index (χ2n) is 15.3. The Balaban J connectivity index is 0.000000442. The van der Waals surface area contributed by atoms with Crippen LogP contribution in [0, 0.1) is 26.6 Å². The van der Waals surface area contributed by atoms with E-state index in [9.17, 15) is 30.7 Å². The molecule has 0 saturated carbocycles. The Morgan fingerprint density at radius 2 is 0.779 bits per heavy atom. The van der Waals surface area contributed by atoms with Crippen LogP contribution < -0.4 is 50.6 Å². The molecule has 0 radical (unpaired) electrons. The molecule has 0 saturated heterocycles. The van der Waals surface area contributed by atoms with Gasteiger partial charge in [0.1, 0.15) is 5.82 Å². The summed E-state index contributed by atoms with van der Waals surface area (Å²) in [6.07, 6.45) is -9.06. The minimum atomic E-state index is -4.71. The third kappa shape index (κ3) is 31.5. The second-order valence-corrected chi connectivity index (χ2v) is 22.4. The summed E-state index contributed by atoms with van der Waals surface area (Å²) in [7, 11) is 0. The molecule has 414 valence electrons. The van der Waals surface area contributed by atoms with E-state index in [2.05, 4.69) is 132 Å². The van der Waals surface area contributed by atoms with Gasteiger partial charge in [0.05, 0.1) is 16.9 Å². The smallest absolute Gasteiger partial charge is 0.404 e. The van der Waals surface area contributed by atoms with Crippen LogP contribution >= 0.6 is 127 Å². The first-order valence-electron chi connectivity index (χ1n) is 21.4. The Kier molecular flexibility index (Phi) is 32.0. The Morgan fingerprint density at radius 1 is 0.351 bits per heavy atom. The first-order valence-corrected chi connectivity index (χ1v) is 27.7. The number of anilines is 8. The van der Waals surface area contributed by atoms with Gasteiger partial charge in [-0.3, -0.25) is 0 Å². The van der Waals surface area contributed by atoms with Crippen molar-refractivity contribution in [2.45, 2.75) is 33.3 Å². The van der Waals surface area contributed by atoms with Crippen LogP contribution in [0.1, 0.15) is 22.3 Å². The summed E-state index contributed by atoms with van der Waals surface area (Å²) >= 11 is 25.6. The fourth-order valence-electron chi connectivity index (χ4n) is 4.87. The number of nitrogen functional groups attached to an aromatic ring is 8. The Bertz CT molecular complexity index is 2850. The van der Waals surface area contributed by atoms with Crippen LogP contribution in [0.2, 0.25) is 0 Å². The first kappa shape index (κ1) is 70.3. The number of hydrogen-bond donors (Lipinski definition) is 8. The van der Waals surface area contributed by atoms with Crippen molar-refractivity contribution in [3.63, 3.8) is 0 Å². The molecule has 9 nitrogen and oxygen atoms in total. The van der Waals surface area contributed by atoms with Crippen molar-refractivity contribution in [2.75, 3.05) is 45.9 Å². The van der Waals surface area contributed by atoms with Crippen molar-refractivity contribution in [1.29, 1.82) is 0 Å². The maximum Gasteiger partial charge on any atom is 0.573 e. The third-order valence-corrected chi connectivity index (χ3v) is 13.7. The quantitative estimate of drug-likeness (QED) is 0.0578. The normalized spacial score (nSPS) is 10.1. The van der Waals surface area contributed by atoms with Crippen molar-refractivity contribution >= 4 is 173 Å². The zero-order valence-corrected chi connectivity index (χ0v) is 53.4. The van der Waals surface area contributed by atoms with E-state index >= 15 is 0 Å². The summed E-state index contributed by atoms with van der Waals surface area (Å²) < 4.78 is 94.3. The number of benzene rings is 8. The highest BCUT2D eigenvalue weighted by atomic mass is 79.9. The van der Waals surface area contributed by atoms with Gasteiger partial charge in [-0.15, -0.1) is 13.2 Å². The molecular formula is C53H51Br8F7N8O. The molecule has 24 heteroatoms. The summed E-state index contributed by atoms with van der Waals surface area (Å²) in [5.41, 5.74) is 50.1. The zero-order valence-electron chi connectivity index (χ0n) is 40.7. The maximum absolute atomic E-state index is 12.4. The summed E-state index contributed by atoms with van der Waals surface area (Å²) in [6.45, 7) is 6.03. The van der Waals surface area contributed by atoms with Crippen molar-refractivity contribution < 1.29 is 35.5 Å². The van der Waals surface area contributed by atoms with Gasteiger partial charge in [-0.1, -0.05) is 146 Å². The SMILES string of the molecule is Cc1cc(N)ccc1Br.Cc1ccc(Br)cc1N.Cc1ccc(N)cc1Br.Nc1cc(Br)ccc1F.Nc1cc(Br)ccc1OC(F)(F)F.Nc1ccc(Br)c(C(F)(F)F)c1.Nc1ccc(Br)cc1.Nc1cccc(Br)c1. The summed E-state index contributed by atoms with van der Waals surface area (Å²) in [6, 6.07) is 44.4. The molecule has 0 heterocycles. The number of ether oxygens (including phenoxy) is 1. The topological polar surface area (TPSA) is 217 Å². The lowest BCUT2D eigenvalue weighted by atomic mass is 10.2. The molecule has 8 aromatic carbocycles. The zero-order chi connectivity index (χ0) is 58.8. The van der Waals surface area contributed by atoms with Gasteiger partial charge in [0.15, 0.2) is 5.75 Å². The second kappa shape index (κ2) is 35.0. The van der Waals surface area contributed by atoms with Gasteiger partial charge in [-0.25, -0.2) is 4.39 Å². The number of rotatable bonds is 1. The van der Waals surface area contributed by atoms with E-state index < -0.39 is 23.9 Å². The Morgan fingerprint density at radius 3 is 1.17 bits per heavy atom. The largest absolute Gasteiger partial charge is 0.573 e. The van der Waals surface area contributed by atoms with Crippen LogP contribution in [0.4, 0.5) is 76.2 Å². The van der Waals surface area contributed by atoms with E-state index in [4.69, 9.17) is 45.9 Å². The predicted octanol–water partition coefficient (Wildman–Crippen LogP) is 19.2. The van der Waals surface area contributed by atoms with Gasteiger partial charge in [-0.05, 0) is 177 Å². The monoisotopic (exact) mass is 1580 g/mol. The highest BCUT2D eigenvalue weighted by molar-refractivity contribution is 9.11. The molecule has 0 fully saturated rings. The van der Waals surface area contributed by atoms with E-state index in [0.717, 1.165) is 73.0 Å². The molecule has 0 aliphatic heterocycles. The van der Waals surface area contributed by atoms with Crippen molar-refractivity contribution in [2.24, 2.45) is 0 Å². The predicted molar refractivity (Wildman–Crippen MR) is 334 cm³/mol. The average molecular weight is 1590 g/mol. The van der Waals surface area contributed by atoms with Crippen LogP contribution in [0.5, 0.6) is 5.75 Å². The van der Waals surface area contributed by atoms with E-state index in [0.29, 0.717) is 4.47 Å². The molecule has 0 atom stereocenters. The Hall–Kier alpha value is -4.69. The maximum atomic E-state index is 12.4. The number of hydrogen-bond acceptors (Lipinski definition) is 9. The van der Waals surface area contributed by atoms with E-state index in [1.54, 1.807) is 6.07 Å². The number of nitrogens with two attached hydrogens (primary N) is 8. The van der Waals surface area contributed by atoms with Gasteiger partial charge in [-0.2, -0.15) is 13.2 Å². The highest BCUT2D eigenvalue weighted by Crippen LogP contribution is 2.36. The number of halogens is 15. The minimum absolute atomic E-state index is 0.00389. The molecule has 0 bridgehead atoms.